The number of hydrogen-bond donors (Lipinski definition) is 1. The van der Waals surface area contributed by atoms with Gasteiger partial charge >= 0.3 is 0 Å². The first-order valence-electron chi connectivity index (χ1n) is 11.4. The first-order valence-corrected chi connectivity index (χ1v) is 12.2. The molecule has 1 saturated heterocycles. The Labute approximate surface area is 199 Å². The van der Waals surface area contributed by atoms with Crippen LogP contribution in [-0.4, -0.2) is 34.8 Å². The lowest BCUT2D eigenvalue weighted by molar-refractivity contribution is 0.0724. The SMILES string of the molecule is Cc1ccc(Sc2ncccc2C(=O)NCc2ccc(C(=O)N3CCCCC3)cc2)cc1C. The number of hydrogen-bond acceptors (Lipinski definition) is 4. The van der Waals surface area contributed by atoms with Gasteiger partial charge in [0.1, 0.15) is 5.03 Å². The largest absolute Gasteiger partial charge is 0.348 e. The summed E-state index contributed by atoms with van der Waals surface area (Å²) in [6, 6.07) is 17.3. The van der Waals surface area contributed by atoms with E-state index in [9.17, 15) is 9.59 Å². The molecule has 1 aliphatic heterocycles. The second-order valence-electron chi connectivity index (χ2n) is 8.44. The highest BCUT2D eigenvalue weighted by atomic mass is 32.2. The third kappa shape index (κ3) is 5.82. The van der Waals surface area contributed by atoms with Gasteiger partial charge in [0, 0.05) is 36.3 Å². The van der Waals surface area contributed by atoms with E-state index < -0.39 is 0 Å². The van der Waals surface area contributed by atoms with Gasteiger partial charge in [0.2, 0.25) is 0 Å². The second-order valence-corrected chi connectivity index (χ2v) is 9.50. The van der Waals surface area contributed by atoms with E-state index >= 15 is 0 Å². The van der Waals surface area contributed by atoms with E-state index in [1.165, 1.54) is 29.3 Å². The molecule has 0 spiro atoms. The monoisotopic (exact) mass is 459 g/mol. The highest BCUT2D eigenvalue weighted by Gasteiger charge is 2.18. The maximum Gasteiger partial charge on any atom is 0.254 e. The summed E-state index contributed by atoms with van der Waals surface area (Å²) in [5.41, 5.74) is 4.65. The van der Waals surface area contributed by atoms with Crippen LogP contribution in [-0.2, 0) is 6.54 Å². The molecule has 170 valence electrons. The molecule has 2 heterocycles. The molecule has 33 heavy (non-hydrogen) atoms. The fraction of sp³-hybridized carbons (Fsp3) is 0.296. The van der Waals surface area contributed by atoms with E-state index in [1.54, 1.807) is 18.3 Å². The van der Waals surface area contributed by atoms with Gasteiger partial charge in [-0.15, -0.1) is 0 Å². The van der Waals surface area contributed by atoms with Crippen molar-refractivity contribution in [1.82, 2.24) is 15.2 Å². The number of nitrogens with zero attached hydrogens (tertiary/aromatic N) is 2. The molecular weight excluding hydrogens is 430 g/mol. The Morgan fingerprint density at radius 2 is 1.73 bits per heavy atom. The van der Waals surface area contributed by atoms with Crippen LogP contribution >= 0.6 is 11.8 Å². The average Bonchev–Trinajstić information content (AvgIpc) is 2.85. The van der Waals surface area contributed by atoms with Crippen LogP contribution in [0.1, 0.15) is 56.7 Å². The Kier molecular flexibility index (Phi) is 7.45. The maximum atomic E-state index is 12.9. The molecule has 0 radical (unpaired) electrons. The molecule has 5 nitrogen and oxygen atoms in total. The van der Waals surface area contributed by atoms with Crippen LogP contribution in [0.3, 0.4) is 0 Å². The van der Waals surface area contributed by atoms with Crippen LogP contribution in [0.25, 0.3) is 0 Å². The molecule has 0 saturated carbocycles. The minimum absolute atomic E-state index is 0.0913. The standard InChI is InChI=1S/C27H29N3O2S/c1-19-8-13-23(17-20(19)2)33-26-24(7-6-14-28-26)25(31)29-18-21-9-11-22(12-10-21)27(32)30-15-4-3-5-16-30/h6-14,17H,3-5,15-16,18H2,1-2H3,(H,29,31). The molecule has 0 bridgehead atoms. The predicted molar refractivity (Wildman–Crippen MR) is 132 cm³/mol. The van der Waals surface area contributed by atoms with Gasteiger partial charge < -0.3 is 10.2 Å². The molecule has 1 N–H and O–H groups in total. The number of aryl methyl sites for hydroxylation is 2. The van der Waals surface area contributed by atoms with Gasteiger partial charge in [-0.2, -0.15) is 0 Å². The Morgan fingerprint density at radius 3 is 2.45 bits per heavy atom. The fourth-order valence-corrected chi connectivity index (χ4v) is 4.84. The number of carbonyl (C=O) groups is 2. The number of pyridine rings is 1. The van der Waals surface area contributed by atoms with Crippen molar-refractivity contribution in [3.05, 3.63) is 88.6 Å². The third-order valence-electron chi connectivity index (χ3n) is 6.01. The van der Waals surface area contributed by atoms with Crippen LogP contribution in [0, 0.1) is 13.8 Å². The van der Waals surface area contributed by atoms with Crippen LogP contribution in [0.15, 0.2) is 70.7 Å². The second kappa shape index (κ2) is 10.7. The van der Waals surface area contributed by atoms with Crippen molar-refractivity contribution in [2.45, 2.75) is 49.6 Å². The average molecular weight is 460 g/mol. The third-order valence-corrected chi connectivity index (χ3v) is 7.01. The molecule has 3 aromatic rings. The number of amides is 2. The summed E-state index contributed by atoms with van der Waals surface area (Å²) in [7, 11) is 0. The molecule has 1 fully saturated rings. The van der Waals surface area contributed by atoms with E-state index in [4.69, 9.17) is 0 Å². The molecule has 2 aromatic carbocycles. The smallest absolute Gasteiger partial charge is 0.254 e. The molecule has 0 unspecified atom stereocenters. The quantitative estimate of drug-likeness (QED) is 0.536. The Morgan fingerprint density at radius 1 is 0.970 bits per heavy atom. The molecule has 6 heteroatoms. The number of benzene rings is 2. The molecule has 1 aromatic heterocycles. The number of piperidine rings is 1. The first-order chi connectivity index (χ1) is 16.0. The van der Waals surface area contributed by atoms with Gasteiger partial charge in [0.25, 0.3) is 11.8 Å². The van der Waals surface area contributed by atoms with Gasteiger partial charge in [-0.05, 0) is 86.2 Å². The zero-order valence-corrected chi connectivity index (χ0v) is 20.0. The van der Waals surface area contributed by atoms with Gasteiger partial charge in [0.05, 0.1) is 5.56 Å². The van der Waals surface area contributed by atoms with E-state index in [0.29, 0.717) is 22.7 Å². The van der Waals surface area contributed by atoms with Crippen molar-refractivity contribution in [3.8, 4) is 0 Å². The normalized spacial score (nSPS) is 13.6. The Hall–Kier alpha value is -3.12. The van der Waals surface area contributed by atoms with E-state index in [0.717, 1.165) is 36.4 Å². The van der Waals surface area contributed by atoms with E-state index in [-0.39, 0.29) is 11.8 Å². The zero-order chi connectivity index (χ0) is 23.2. The molecule has 2 amide bonds. The van der Waals surface area contributed by atoms with E-state index in [1.807, 2.05) is 29.2 Å². The first kappa shape index (κ1) is 23.1. The molecule has 1 aliphatic rings. The zero-order valence-electron chi connectivity index (χ0n) is 19.1. The molecule has 0 atom stereocenters. The van der Waals surface area contributed by atoms with Crippen molar-refractivity contribution in [3.63, 3.8) is 0 Å². The van der Waals surface area contributed by atoms with Crippen molar-refractivity contribution in [2.75, 3.05) is 13.1 Å². The summed E-state index contributed by atoms with van der Waals surface area (Å²) >= 11 is 1.49. The molecule has 0 aliphatic carbocycles. The van der Waals surface area contributed by atoms with Gasteiger partial charge in [-0.25, -0.2) is 4.98 Å². The van der Waals surface area contributed by atoms with Crippen LogP contribution in [0.2, 0.25) is 0 Å². The summed E-state index contributed by atoms with van der Waals surface area (Å²) in [6.45, 7) is 6.23. The van der Waals surface area contributed by atoms with Crippen LogP contribution in [0.5, 0.6) is 0 Å². The van der Waals surface area contributed by atoms with Crippen molar-refractivity contribution >= 4 is 23.6 Å². The van der Waals surface area contributed by atoms with E-state index in [2.05, 4.69) is 42.3 Å². The number of nitrogens with one attached hydrogen (secondary N) is 1. The number of carbonyl (C=O) groups excluding carboxylic acids is 2. The van der Waals surface area contributed by atoms with Gasteiger partial charge in [-0.1, -0.05) is 30.0 Å². The lowest BCUT2D eigenvalue weighted by Crippen LogP contribution is -2.35. The number of likely N-dealkylation sites (tertiary alicyclic amines) is 1. The lowest BCUT2D eigenvalue weighted by atomic mass is 10.1. The highest BCUT2D eigenvalue weighted by molar-refractivity contribution is 7.99. The number of rotatable bonds is 6. The minimum Gasteiger partial charge on any atom is -0.348 e. The summed E-state index contributed by atoms with van der Waals surface area (Å²) in [5.74, 6) is -0.0726. The molecular formula is C27H29N3O2S. The Bertz CT molecular complexity index is 1140. The van der Waals surface area contributed by atoms with Gasteiger partial charge in [-0.3, -0.25) is 9.59 Å². The van der Waals surface area contributed by atoms with Crippen molar-refractivity contribution < 1.29 is 9.59 Å². The summed E-state index contributed by atoms with van der Waals surface area (Å²) < 4.78 is 0. The highest BCUT2D eigenvalue weighted by Crippen LogP contribution is 2.30. The summed E-state index contributed by atoms with van der Waals surface area (Å²) in [6.07, 6.45) is 5.06. The summed E-state index contributed by atoms with van der Waals surface area (Å²) in [4.78, 5) is 33.0. The summed E-state index contributed by atoms with van der Waals surface area (Å²) in [5, 5.41) is 3.67. The predicted octanol–water partition coefficient (Wildman–Crippen LogP) is 5.41. The Balaban J connectivity index is 1.39. The van der Waals surface area contributed by atoms with Crippen molar-refractivity contribution in [1.29, 1.82) is 0 Å². The number of aromatic nitrogens is 1. The maximum absolute atomic E-state index is 12.9. The van der Waals surface area contributed by atoms with Crippen molar-refractivity contribution in [2.24, 2.45) is 0 Å². The minimum atomic E-state index is -0.164. The fourth-order valence-electron chi connectivity index (χ4n) is 3.86. The molecule has 4 rings (SSSR count). The van der Waals surface area contributed by atoms with Crippen LogP contribution < -0.4 is 5.32 Å². The van der Waals surface area contributed by atoms with Crippen LogP contribution in [0.4, 0.5) is 0 Å². The topological polar surface area (TPSA) is 62.3 Å². The van der Waals surface area contributed by atoms with Gasteiger partial charge in [0.15, 0.2) is 0 Å². The lowest BCUT2D eigenvalue weighted by Gasteiger charge is -2.26.